The van der Waals surface area contributed by atoms with Crippen molar-refractivity contribution in [2.75, 3.05) is 6.54 Å². The summed E-state index contributed by atoms with van der Waals surface area (Å²) >= 11 is 0. The monoisotopic (exact) mass is 413 g/mol. The summed E-state index contributed by atoms with van der Waals surface area (Å²) in [6.07, 6.45) is -2.87. The second-order valence-electron chi connectivity index (χ2n) is 8.91. The highest BCUT2D eigenvalue weighted by molar-refractivity contribution is 5.86. The highest BCUT2D eigenvalue weighted by Gasteiger charge is 2.30. The van der Waals surface area contributed by atoms with E-state index in [-0.39, 0.29) is 11.6 Å². The molecule has 0 bridgehead atoms. The molecule has 0 N–H and O–H groups in total. The number of hydrogen-bond donors (Lipinski definition) is 0. The molecule has 160 valence electrons. The molecule has 0 saturated carbocycles. The van der Waals surface area contributed by atoms with Crippen molar-refractivity contribution in [3.63, 3.8) is 0 Å². The maximum Gasteiger partial charge on any atom is 0.416 e. The first-order valence-corrected chi connectivity index (χ1v) is 10.5. The van der Waals surface area contributed by atoms with E-state index in [1.807, 2.05) is 6.07 Å². The molecule has 0 fully saturated rings. The lowest BCUT2D eigenvalue weighted by atomic mass is 9.94. The molecule has 0 heterocycles. The Morgan fingerprint density at radius 2 is 1.53 bits per heavy atom. The topological polar surface area (TPSA) is 3.24 Å². The van der Waals surface area contributed by atoms with Gasteiger partial charge >= 0.3 is 6.18 Å². The van der Waals surface area contributed by atoms with Crippen LogP contribution < -0.4 is 0 Å². The zero-order valence-corrected chi connectivity index (χ0v) is 18.1. The minimum atomic E-state index is -4.30. The number of fused-ring (bicyclic) bond motifs is 1. The Morgan fingerprint density at radius 1 is 0.867 bits per heavy atom. The standard InChI is InChI=1S/C26H30F3N/c1-19(23-16-8-13-21-12-5-6-15-24(21)23)30(25(2,3)4)17-9-11-20-10-7-14-22(18-20)26(27,28)29/h5-8,10,12-16,18-19H,9,11,17H2,1-4H3/t19-/m1/s1. The van der Waals surface area contributed by atoms with Crippen LogP contribution >= 0.6 is 0 Å². The van der Waals surface area contributed by atoms with Crippen LogP contribution in [0.1, 0.15) is 56.8 Å². The lowest BCUT2D eigenvalue weighted by Crippen LogP contribution is -2.43. The summed E-state index contributed by atoms with van der Waals surface area (Å²) in [4.78, 5) is 2.45. The van der Waals surface area contributed by atoms with Gasteiger partial charge in [0.05, 0.1) is 5.56 Å². The third-order valence-electron chi connectivity index (χ3n) is 5.72. The third kappa shape index (κ3) is 5.23. The Hall–Kier alpha value is -2.33. The van der Waals surface area contributed by atoms with E-state index >= 15 is 0 Å². The van der Waals surface area contributed by atoms with Gasteiger partial charge in [-0.2, -0.15) is 13.2 Å². The fraction of sp³-hybridized carbons (Fsp3) is 0.385. The largest absolute Gasteiger partial charge is 0.416 e. The third-order valence-corrected chi connectivity index (χ3v) is 5.72. The van der Waals surface area contributed by atoms with Crippen LogP contribution in [0.2, 0.25) is 0 Å². The quantitative estimate of drug-likeness (QED) is 0.401. The van der Waals surface area contributed by atoms with E-state index in [1.54, 1.807) is 6.07 Å². The van der Waals surface area contributed by atoms with Gasteiger partial charge in [-0.05, 0) is 75.0 Å². The molecule has 0 aromatic heterocycles. The van der Waals surface area contributed by atoms with Crippen LogP contribution in [0.25, 0.3) is 10.8 Å². The summed E-state index contributed by atoms with van der Waals surface area (Å²) in [7, 11) is 0. The Kier molecular flexibility index (Phi) is 6.56. The maximum absolute atomic E-state index is 13.0. The fourth-order valence-electron chi connectivity index (χ4n) is 4.25. The predicted octanol–water partition coefficient (Wildman–Crippen LogP) is 7.65. The molecule has 4 heteroatoms. The van der Waals surface area contributed by atoms with Crippen molar-refractivity contribution in [3.8, 4) is 0 Å². The molecule has 3 aromatic carbocycles. The lowest BCUT2D eigenvalue weighted by molar-refractivity contribution is -0.137. The van der Waals surface area contributed by atoms with E-state index < -0.39 is 11.7 Å². The maximum atomic E-state index is 13.0. The second kappa shape index (κ2) is 8.81. The molecule has 0 aliphatic rings. The van der Waals surface area contributed by atoms with Gasteiger partial charge in [0.1, 0.15) is 0 Å². The Balaban J connectivity index is 1.77. The summed E-state index contributed by atoms with van der Waals surface area (Å²) in [6, 6.07) is 20.7. The molecule has 3 rings (SSSR count). The molecule has 0 radical (unpaired) electrons. The van der Waals surface area contributed by atoms with Crippen LogP contribution in [0.4, 0.5) is 13.2 Å². The van der Waals surface area contributed by atoms with Crippen molar-refractivity contribution in [2.24, 2.45) is 0 Å². The minimum absolute atomic E-state index is 0.0653. The number of benzene rings is 3. The number of halogens is 3. The van der Waals surface area contributed by atoms with Crippen LogP contribution in [0.15, 0.2) is 66.7 Å². The summed E-state index contributed by atoms with van der Waals surface area (Å²) < 4.78 is 39.0. The van der Waals surface area contributed by atoms with E-state index in [1.165, 1.54) is 28.5 Å². The van der Waals surface area contributed by atoms with E-state index in [4.69, 9.17) is 0 Å². The van der Waals surface area contributed by atoms with Crippen molar-refractivity contribution >= 4 is 10.8 Å². The van der Waals surface area contributed by atoms with Crippen LogP contribution in [0.5, 0.6) is 0 Å². The molecule has 0 amide bonds. The molecule has 0 aliphatic carbocycles. The lowest BCUT2D eigenvalue weighted by Gasteiger charge is -2.41. The van der Waals surface area contributed by atoms with Crippen molar-refractivity contribution in [2.45, 2.75) is 58.3 Å². The first-order chi connectivity index (χ1) is 14.1. The minimum Gasteiger partial charge on any atom is -0.292 e. The van der Waals surface area contributed by atoms with Gasteiger partial charge in [0.2, 0.25) is 0 Å². The van der Waals surface area contributed by atoms with Gasteiger partial charge in [-0.1, -0.05) is 60.7 Å². The predicted molar refractivity (Wildman–Crippen MR) is 119 cm³/mol. The van der Waals surface area contributed by atoms with Crippen molar-refractivity contribution < 1.29 is 13.2 Å². The Bertz CT molecular complexity index is 980. The molecular formula is C26H30F3N. The summed E-state index contributed by atoms with van der Waals surface area (Å²) in [6.45, 7) is 9.61. The number of nitrogens with zero attached hydrogens (tertiary/aromatic N) is 1. The van der Waals surface area contributed by atoms with Crippen molar-refractivity contribution in [1.29, 1.82) is 0 Å². The smallest absolute Gasteiger partial charge is 0.292 e. The number of rotatable bonds is 6. The Labute approximate surface area is 177 Å². The first kappa shape index (κ1) is 22.4. The zero-order valence-electron chi connectivity index (χ0n) is 18.1. The van der Waals surface area contributed by atoms with E-state index in [0.717, 1.165) is 24.6 Å². The van der Waals surface area contributed by atoms with Crippen LogP contribution in [-0.4, -0.2) is 17.0 Å². The highest BCUT2D eigenvalue weighted by Crippen LogP contribution is 2.33. The average molecular weight is 414 g/mol. The molecule has 0 unspecified atom stereocenters. The van der Waals surface area contributed by atoms with Crippen LogP contribution in [0, 0.1) is 0 Å². The molecule has 3 aromatic rings. The molecule has 1 atom stereocenters. The Morgan fingerprint density at radius 3 is 2.23 bits per heavy atom. The summed E-state index contributed by atoms with van der Waals surface area (Å²) in [5.41, 5.74) is 1.37. The summed E-state index contributed by atoms with van der Waals surface area (Å²) in [5, 5.41) is 2.47. The fourth-order valence-corrected chi connectivity index (χ4v) is 4.25. The molecule has 0 saturated heterocycles. The molecule has 0 aliphatic heterocycles. The first-order valence-electron chi connectivity index (χ1n) is 10.5. The second-order valence-corrected chi connectivity index (χ2v) is 8.91. The van der Waals surface area contributed by atoms with Crippen molar-refractivity contribution in [1.82, 2.24) is 4.90 Å². The van der Waals surface area contributed by atoms with Gasteiger partial charge in [-0.15, -0.1) is 0 Å². The molecule has 0 spiro atoms. The van der Waals surface area contributed by atoms with Crippen LogP contribution in [0.3, 0.4) is 0 Å². The van der Waals surface area contributed by atoms with E-state index in [9.17, 15) is 13.2 Å². The van der Waals surface area contributed by atoms with Crippen molar-refractivity contribution in [3.05, 3.63) is 83.4 Å². The average Bonchev–Trinajstić information content (AvgIpc) is 2.69. The van der Waals surface area contributed by atoms with Gasteiger partial charge < -0.3 is 0 Å². The van der Waals surface area contributed by atoms with E-state index in [0.29, 0.717) is 6.42 Å². The molecular weight excluding hydrogens is 383 g/mol. The van der Waals surface area contributed by atoms with E-state index in [2.05, 4.69) is 69.0 Å². The normalized spacial score (nSPS) is 13.7. The van der Waals surface area contributed by atoms with Gasteiger partial charge in [0, 0.05) is 11.6 Å². The highest BCUT2D eigenvalue weighted by atomic mass is 19.4. The van der Waals surface area contributed by atoms with Gasteiger partial charge in [-0.3, -0.25) is 4.90 Å². The molecule has 1 nitrogen and oxygen atoms in total. The number of hydrogen-bond acceptors (Lipinski definition) is 1. The van der Waals surface area contributed by atoms with Gasteiger partial charge in [0.25, 0.3) is 0 Å². The summed E-state index contributed by atoms with van der Waals surface area (Å²) in [5.74, 6) is 0. The SMILES string of the molecule is C[C@H](c1cccc2ccccc12)N(CCCc1cccc(C(F)(F)F)c1)C(C)(C)C. The number of alkyl halides is 3. The number of aryl methyl sites for hydroxylation is 1. The van der Waals surface area contributed by atoms with Crippen LogP contribution in [-0.2, 0) is 12.6 Å². The zero-order chi connectivity index (χ0) is 21.9. The molecule has 30 heavy (non-hydrogen) atoms. The van der Waals surface area contributed by atoms with Gasteiger partial charge in [-0.25, -0.2) is 0 Å². The van der Waals surface area contributed by atoms with Gasteiger partial charge in [0.15, 0.2) is 0 Å².